The van der Waals surface area contributed by atoms with Crippen molar-refractivity contribution in [2.75, 3.05) is 0 Å². The van der Waals surface area contributed by atoms with Crippen molar-refractivity contribution in [2.24, 2.45) is 67.5 Å². The number of fused-ring (bicyclic) bond motifs is 6. The van der Waals surface area contributed by atoms with Crippen molar-refractivity contribution < 1.29 is 9.90 Å². The molecule has 0 radical (unpaired) electrons. The lowest BCUT2D eigenvalue weighted by Gasteiger charge is -2.92. The normalized spacial score (nSPS) is 43.7. The van der Waals surface area contributed by atoms with Crippen LogP contribution in [0, 0.1) is 67.5 Å². The van der Waals surface area contributed by atoms with Crippen LogP contribution in [0.15, 0.2) is 0 Å². The first-order valence-electron chi connectivity index (χ1n) is 20.8. The summed E-state index contributed by atoms with van der Waals surface area (Å²) >= 11 is 0. The zero-order valence-electron chi connectivity index (χ0n) is 32.6. The van der Waals surface area contributed by atoms with Crippen molar-refractivity contribution >= 4 is 5.97 Å². The van der Waals surface area contributed by atoms with Gasteiger partial charge in [-0.05, 0) is 132 Å². The van der Waals surface area contributed by atoms with Gasteiger partial charge in [-0.3, -0.25) is 4.79 Å². The number of carbonyl (C=O) groups is 1. The number of aliphatic carboxylic acids is 1. The fraction of sp³-hybridized carbons (Fsp3) is 0.977. The Morgan fingerprint density at radius 1 is 0.565 bits per heavy atom. The molecule has 9 atom stereocenters. The first kappa shape index (κ1) is 36.7. The Kier molecular flexibility index (Phi) is 10.4. The minimum Gasteiger partial charge on any atom is -0.481 e. The van der Waals surface area contributed by atoms with Gasteiger partial charge in [0.2, 0.25) is 0 Å². The zero-order valence-corrected chi connectivity index (χ0v) is 32.6. The summed E-state index contributed by atoms with van der Waals surface area (Å²) in [6.07, 6.45) is 28.1. The molecule has 9 unspecified atom stereocenters. The lowest BCUT2D eigenvalue weighted by Crippen LogP contribution is -2.86. The molecule has 0 aliphatic heterocycles. The minimum atomic E-state index is -0.657. The van der Waals surface area contributed by atoms with Crippen LogP contribution in [0.25, 0.3) is 0 Å². The minimum absolute atomic E-state index is 0.344. The fourth-order valence-corrected chi connectivity index (χ4v) is 15.9. The van der Waals surface area contributed by atoms with Crippen molar-refractivity contribution in [3.63, 3.8) is 0 Å². The molecule has 2 heteroatoms. The topological polar surface area (TPSA) is 37.3 Å². The fourth-order valence-electron chi connectivity index (χ4n) is 15.9. The van der Waals surface area contributed by atoms with Crippen molar-refractivity contribution in [3.05, 3.63) is 0 Å². The predicted octanol–water partition coefficient (Wildman–Crippen LogP) is 13.5. The van der Waals surface area contributed by atoms with Gasteiger partial charge < -0.3 is 5.11 Å². The van der Waals surface area contributed by atoms with E-state index in [-0.39, 0.29) is 0 Å². The van der Waals surface area contributed by atoms with Crippen molar-refractivity contribution in [1.29, 1.82) is 0 Å². The molecule has 1 N–H and O–H groups in total. The molecule has 0 heterocycles. The van der Waals surface area contributed by atoms with Crippen molar-refractivity contribution in [2.45, 2.75) is 204 Å². The smallest absolute Gasteiger partial charge is 0.303 e. The van der Waals surface area contributed by atoms with Gasteiger partial charge >= 0.3 is 5.97 Å². The van der Waals surface area contributed by atoms with E-state index in [1.165, 1.54) is 96.3 Å². The number of hydrogen-bond donors (Lipinski definition) is 1. The number of rotatable bonds is 14. The molecule has 0 aromatic rings. The molecular weight excluding hydrogens is 560 g/mol. The van der Waals surface area contributed by atoms with Gasteiger partial charge in [0, 0.05) is 6.42 Å². The SMILES string of the molecule is CC1CCC2CC1(C1(C)CCC3CC1(C14CC(CCC1C)C4(C)C)C3(C)C)C2(C)C.CCCCCCCCCCCCCC(=O)O. The lowest BCUT2D eigenvalue weighted by molar-refractivity contribution is -0.441. The number of unbranched alkanes of at least 4 members (excludes halogenated alkanes) is 10. The van der Waals surface area contributed by atoms with Gasteiger partial charge in [-0.15, -0.1) is 0 Å². The monoisotopic (exact) mass is 639 g/mol. The molecule has 0 aromatic carbocycles. The molecule has 0 aromatic heterocycles. The molecular formula is C44H78O2. The average Bonchev–Trinajstić information content (AvgIpc) is 2.99. The second-order valence-corrected chi connectivity index (χ2v) is 20.2. The third-order valence-corrected chi connectivity index (χ3v) is 18.4. The van der Waals surface area contributed by atoms with Gasteiger partial charge in [-0.2, -0.15) is 0 Å². The Morgan fingerprint density at radius 3 is 1.41 bits per heavy atom. The molecule has 0 amide bonds. The van der Waals surface area contributed by atoms with Gasteiger partial charge in [0.05, 0.1) is 0 Å². The first-order chi connectivity index (χ1) is 21.5. The molecule has 46 heavy (non-hydrogen) atoms. The van der Waals surface area contributed by atoms with Gasteiger partial charge in [0.15, 0.2) is 0 Å². The van der Waals surface area contributed by atoms with Crippen LogP contribution in [-0.2, 0) is 4.79 Å². The Hall–Kier alpha value is -0.530. The summed E-state index contributed by atoms with van der Waals surface area (Å²) in [6, 6.07) is 0. The molecule has 9 aliphatic carbocycles. The van der Waals surface area contributed by atoms with Crippen molar-refractivity contribution in [1.82, 2.24) is 0 Å². The van der Waals surface area contributed by atoms with Crippen LogP contribution in [0.5, 0.6) is 0 Å². The summed E-state index contributed by atoms with van der Waals surface area (Å²) in [4.78, 5) is 10.3. The molecule has 266 valence electrons. The molecule has 9 aliphatic rings. The molecule has 9 rings (SSSR count). The summed E-state index contributed by atoms with van der Waals surface area (Å²) in [7, 11) is 0. The van der Waals surface area contributed by atoms with E-state index >= 15 is 0 Å². The van der Waals surface area contributed by atoms with E-state index < -0.39 is 5.97 Å². The Morgan fingerprint density at radius 2 is 1.00 bits per heavy atom. The molecule has 6 bridgehead atoms. The summed E-state index contributed by atoms with van der Waals surface area (Å²) in [6.45, 7) is 26.9. The summed E-state index contributed by atoms with van der Waals surface area (Å²) in [5.41, 5.74) is 3.78. The van der Waals surface area contributed by atoms with Crippen LogP contribution >= 0.6 is 0 Å². The Bertz CT molecular complexity index is 1070. The third kappa shape index (κ3) is 4.83. The molecule has 9 fully saturated rings. The first-order valence-corrected chi connectivity index (χ1v) is 20.8. The van der Waals surface area contributed by atoms with Crippen LogP contribution in [0.3, 0.4) is 0 Å². The van der Waals surface area contributed by atoms with Crippen molar-refractivity contribution in [3.8, 4) is 0 Å². The van der Waals surface area contributed by atoms with E-state index in [1.807, 2.05) is 0 Å². The third-order valence-electron chi connectivity index (χ3n) is 18.4. The molecule has 9 saturated carbocycles. The highest BCUT2D eigenvalue weighted by Gasteiger charge is 2.88. The highest BCUT2D eigenvalue weighted by atomic mass is 16.4. The van der Waals surface area contributed by atoms with Crippen LogP contribution in [0.1, 0.15) is 204 Å². The second-order valence-electron chi connectivity index (χ2n) is 20.2. The van der Waals surface area contributed by atoms with Crippen LogP contribution in [0.4, 0.5) is 0 Å². The van der Waals surface area contributed by atoms with Crippen LogP contribution < -0.4 is 0 Å². The number of carboxylic acids is 1. The predicted molar refractivity (Wildman–Crippen MR) is 196 cm³/mol. The molecule has 0 saturated heterocycles. The largest absolute Gasteiger partial charge is 0.481 e. The van der Waals surface area contributed by atoms with E-state index in [2.05, 4.69) is 69.2 Å². The van der Waals surface area contributed by atoms with Gasteiger partial charge in [-0.25, -0.2) is 0 Å². The molecule has 0 spiro atoms. The maximum atomic E-state index is 10.3. The van der Waals surface area contributed by atoms with Gasteiger partial charge in [0.25, 0.3) is 0 Å². The van der Waals surface area contributed by atoms with Gasteiger partial charge in [-0.1, -0.05) is 133 Å². The number of carboxylic acid groups (broad SMARTS) is 1. The van der Waals surface area contributed by atoms with Gasteiger partial charge in [0.1, 0.15) is 0 Å². The standard InChI is InChI=1S/C30H50.C14H28O2/c1-19-10-12-21-16-28(19,24(21,3)4)27(9)15-14-23-18-30(27,26(23,7)8)29-17-22(25(29,5)6)13-11-20(29)2;1-2-3-4-5-6-7-8-9-10-11-12-13-14(15)16/h19-23H,10-18H2,1-9H3;2-13H2,1H3,(H,15,16). The van der Waals surface area contributed by atoms with E-state index in [1.54, 1.807) is 19.3 Å². The van der Waals surface area contributed by atoms with Crippen LogP contribution in [-0.4, -0.2) is 11.1 Å². The van der Waals surface area contributed by atoms with Crippen LogP contribution in [0.2, 0.25) is 0 Å². The Balaban J connectivity index is 0.000000224. The number of hydrogen-bond acceptors (Lipinski definition) is 1. The summed E-state index contributed by atoms with van der Waals surface area (Å²) in [5.74, 6) is 4.12. The second kappa shape index (κ2) is 13.0. The Labute approximate surface area is 286 Å². The molecule has 2 nitrogen and oxygen atoms in total. The summed E-state index contributed by atoms with van der Waals surface area (Å²) < 4.78 is 0. The lowest BCUT2D eigenvalue weighted by atomic mass is 9.12. The summed E-state index contributed by atoms with van der Waals surface area (Å²) in [5, 5.41) is 8.46. The van der Waals surface area contributed by atoms with E-state index in [9.17, 15) is 4.79 Å². The van der Waals surface area contributed by atoms with E-state index in [0.717, 1.165) is 42.4 Å². The average molecular weight is 639 g/mol. The highest BCUT2D eigenvalue weighted by molar-refractivity contribution is 5.66. The van der Waals surface area contributed by atoms with E-state index in [0.29, 0.717) is 44.3 Å². The highest BCUT2D eigenvalue weighted by Crippen LogP contribution is 2.95. The quantitative estimate of drug-likeness (QED) is 0.192. The maximum Gasteiger partial charge on any atom is 0.303 e. The maximum absolute atomic E-state index is 10.3. The van der Waals surface area contributed by atoms with E-state index in [4.69, 9.17) is 5.11 Å². The zero-order chi connectivity index (χ0) is 33.8.